The Morgan fingerprint density at radius 2 is 1.83 bits per heavy atom. The number of carbonyl (C=O) groups excluding carboxylic acids is 4. The minimum absolute atomic E-state index is 0.0252. The maximum atomic E-state index is 13.6. The summed E-state index contributed by atoms with van der Waals surface area (Å²) in [7, 11) is 0. The molecule has 160 valence electrons. The first-order valence-electron chi connectivity index (χ1n) is 11.3. The molecule has 0 aromatic rings. The maximum absolute atomic E-state index is 13.6. The maximum Gasteiger partial charge on any atom is 0.303 e. The Kier molecular flexibility index (Phi) is 5.02. The fourth-order valence-corrected chi connectivity index (χ4v) is 8.14. The summed E-state index contributed by atoms with van der Waals surface area (Å²) in [5.74, 6) is 1.39. The van der Waals surface area contributed by atoms with Crippen molar-refractivity contribution in [3.05, 3.63) is 0 Å². The number of hydrogen-bond acceptors (Lipinski definition) is 5. The van der Waals surface area contributed by atoms with Gasteiger partial charge in [0.2, 0.25) is 0 Å². The van der Waals surface area contributed by atoms with Crippen LogP contribution in [0.25, 0.3) is 0 Å². The molecule has 0 amide bonds. The number of ether oxygens (including phenoxy) is 1. The van der Waals surface area contributed by atoms with Gasteiger partial charge in [0, 0.05) is 38.0 Å². The lowest BCUT2D eigenvalue weighted by atomic mass is 9.42. The molecule has 0 saturated heterocycles. The molecule has 29 heavy (non-hydrogen) atoms. The van der Waals surface area contributed by atoms with Crippen molar-refractivity contribution in [3.8, 4) is 0 Å². The standard InChI is InChI=1S/C24H34O5/c1-13-9-16-17-5-6-18(21(28)12-29-14(2)25)24(17,4)11-20(27)22(16)23(3)8-7-15(26)10-19(13)23/h13,16-19,22H,5-12H2,1-4H3/t13-,16-,17-,18+,19-,22+,23-,24-/m0/s1. The zero-order chi connectivity index (χ0) is 21.1. The van der Waals surface area contributed by atoms with Crippen LogP contribution in [0.1, 0.15) is 72.6 Å². The second-order valence-electron chi connectivity index (χ2n) is 10.8. The van der Waals surface area contributed by atoms with Crippen LogP contribution < -0.4 is 0 Å². The van der Waals surface area contributed by atoms with E-state index in [2.05, 4.69) is 20.8 Å². The van der Waals surface area contributed by atoms with Gasteiger partial charge in [-0.15, -0.1) is 0 Å². The number of rotatable bonds is 3. The van der Waals surface area contributed by atoms with Crippen LogP contribution in [0.15, 0.2) is 0 Å². The van der Waals surface area contributed by atoms with Crippen LogP contribution in [0.3, 0.4) is 0 Å². The van der Waals surface area contributed by atoms with E-state index in [1.807, 2.05) is 0 Å². The molecular formula is C24H34O5. The molecule has 8 atom stereocenters. The van der Waals surface area contributed by atoms with Gasteiger partial charge in [0.1, 0.15) is 18.2 Å². The lowest BCUT2D eigenvalue weighted by Crippen LogP contribution is -2.59. The van der Waals surface area contributed by atoms with Gasteiger partial charge in [0.05, 0.1) is 0 Å². The Morgan fingerprint density at radius 1 is 1.10 bits per heavy atom. The van der Waals surface area contributed by atoms with Gasteiger partial charge in [0.15, 0.2) is 5.78 Å². The van der Waals surface area contributed by atoms with Crippen molar-refractivity contribution in [1.29, 1.82) is 0 Å². The molecule has 4 saturated carbocycles. The first kappa shape index (κ1) is 20.7. The second kappa shape index (κ2) is 7.02. The highest BCUT2D eigenvalue weighted by molar-refractivity contribution is 5.89. The summed E-state index contributed by atoms with van der Waals surface area (Å²) in [6.07, 6.45) is 5.22. The Bertz CT molecular complexity index is 756. The summed E-state index contributed by atoms with van der Waals surface area (Å²) in [5, 5.41) is 0. The lowest BCUT2D eigenvalue weighted by Gasteiger charge is -2.60. The minimum Gasteiger partial charge on any atom is -0.458 e. The third-order valence-corrected chi connectivity index (χ3v) is 9.34. The van der Waals surface area contributed by atoms with E-state index in [9.17, 15) is 19.2 Å². The van der Waals surface area contributed by atoms with Crippen molar-refractivity contribution in [1.82, 2.24) is 0 Å². The topological polar surface area (TPSA) is 77.5 Å². The van der Waals surface area contributed by atoms with Gasteiger partial charge in [-0.3, -0.25) is 19.2 Å². The Labute approximate surface area is 173 Å². The number of hydrogen-bond donors (Lipinski definition) is 0. The van der Waals surface area contributed by atoms with E-state index in [4.69, 9.17) is 4.74 Å². The van der Waals surface area contributed by atoms with E-state index < -0.39 is 5.97 Å². The van der Waals surface area contributed by atoms with Crippen LogP contribution in [0, 0.1) is 46.3 Å². The largest absolute Gasteiger partial charge is 0.458 e. The van der Waals surface area contributed by atoms with Crippen LogP contribution in [0.2, 0.25) is 0 Å². The molecule has 0 aliphatic heterocycles. The van der Waals surface area contributed by atoms with Gasteiger partial charge in [-0.1, -0.05) is 20.8 Å². The molecule has 0 bridgehead atoms. The summed E-state index contributed by atoms with van der Waals surface area (Å²) in [5.41, 5.74) is -0.419. The monoisotopic (exact) mass is 402 g/mol. The van der Waals surface area contributed by atoms with Crippen LogP contribution in [0.4, 0.5) is 0 Å². The van der Waals surface area contributed by atoms with Crippen LogP contribution in [0.5, 0.6) is 0 Å². The van der Waals surface area contributed by atoms with Gasteiger partial charge < -0.3 is 4.74 Å². The molecule has 0 radical (unpaired) electrons. The van der Waals surface area contributed by atoms with Gasteiger partial charge in [-0.2, -0.15) is 0 Å². The zero-order valence-electron chi connectivity index (χ0n) is 18.2. The highest BCUT2D eigenvalue weighted by atomic mass is 16.5. The number of Topliss-reactive ketones (excluding diaryl/α,β-unsaturated/α-hetero) is 3. The van der Waals surface area contributed by atoms with Crippen molar-refractivity contribution in [2.24, 2.45) is 46.3 Å². The lowest BCUT2D eigenvalue weighted by molar-refractivity contribution is -0.168. The molecule has 0 unspecified atom stereocenters. The molecule has 4 fully saturated rings. The minimum atomic E-state index is -0.440. The van der Waals surface area contributed by atoms with E-state index in [-0.39, 0.29) is 35.1 Å². The van der Waals surface area contributed by atoms with Gasteiger partial charge in [0.25, 0.3) is 0 Å². The fraction of sp³-hybridized carbons (Fsp3) is 0.833. The molecule has 0 spiro atoms. The van der Waals surface area contributed by atoms with Gasteiger partial charge >= 0.3 is 5.97 Å². The highest BCUT2D eigenvalue weighted by Crippen LogP contribution is 2.67. The van der Waals surface area contributed by atoms with Crippen LogP contribution >= 0.6 is 0 Å². The van der Waals surface area contributed by atoms with Crippen LogP contribution in [-0.2, 0) is 23.9 Å². The van der Waals surface area contributed by atoms with E-state index in [0.717, 1.165) is 25.7 Å². The van der Waals surface area contributed by atoms with E-state index in [1.54, 1.807) is 0 Å². The van der Waals surface area contributed by atoms with Crippen molar-refractivity contribution >= 4 is 23.3 Å². The molecule has 0 aromatic heterocycles. The Hall–Kier alpha value is -1.52. The van der Waals surface area contributed by atoms with Crippen molar-refractivity contribution in [2.75, 3.05) is 6.61 Å². The number of carbonyl (C=O) groups is 4. The molecular weight excluding hydrogens is 368 g/mol. The fourth-order valence-electron chi connectivity index (χ4n) is 8.14. The Balaban J connectivity index is 1.62. The highest BCUT2D eigenvalue weighted by Gasteiger charge is 2.65. The molecule has 0 N–H and O–H groups in total. The first-order chi connectivity index (χ1) is 13.6. The quantitative estimate of drug-likeness (QED) is 0.672. The summed E-state index contributed by atoms with van der Waals surface area (Å²) < 4.78 is 4.98. The molecule has 4 rings (SSSR count). The summed E-state index contributed by atoms with van der Waals surface area (Å²) in [6.45, 7) is 7.78. The predicted octanol–water partition coefficient (Wildman–Crippen LogP) is 3.77. The van der Waals surface area contributed by atoms with E-state index in [1.165, 1.54) is 6.92 Å². The molecule has 5 heteroatoms. The average molecular weight is 403 g/mol. The molecule has 0 heterocycles. The Morgan fingerprint density at radius 3 is 2.52 bits per heavy atom. The molecule has 0 aromatic carbocycles. The third-order valence-electron chi connectivity index (χ3n) is 9.34. The first-order valence-corrected chi connectivity index (χ1v) is 11.3. The smallest absolute Gasteiger partial charge is 0.303 e. The molecule has 4 aliphatic rings. The van der Waals surface area contributed by atoms with E-state index >= 15 is 0 Å². The number of ketones is 3. The normalized spacial score (nSPS) is 46.5. The second-order valence-corrected chi connectivity index (χ2v) is 10.8. The summed E-state index contributed by atoms with van der Waals surface area (Å²) in [4.78, 5) is 49.7. The number of esters is 1. The summed E-state index contributed by atoms with van der Waals surface area (Å²) >= 11 is 0. The van der Waals surface area contributed by atoms with Crippen molar-refractivity contribution in [2.45, 2.75) is 72.6 Å². The molecule has 5 nitrogen and oxygen atoms in total. The zero-order valence-corrected chi connectivity index (χ0v) is 18.2. The molecule has 4 aliphatic carbocycles. The summed E-state index contributed by atoms with van der Waals surface area (Å²) in [6, 6.07) is 0. The van der Waals surface area contributed by atoms with Crippen molar-refractivity contribution in [3.63, 3.8) is 0 Å². The third kappa shape index (κ3) is 3.11. The van der Waals surface area contributed by atoms with Crippen LogP contribution in [-0.4, -0.2) is 29.9 Å². The number of fused-ring (bicyclic) bond motifs is 5. The average Bonchev–Trinajstić information content (AvgIpc) is 2.97. The van der Waals surface area contributed by atoms with Gasteiger partial charge in [-0.05, 0) is 60.2 Å². The van der Waals surface area contributed by atoms with E-state index in [0.29, 0.717) is 54.5 Å². The SMILES string of the molecule is CC(=O)OCC(=O)[C@H]1CC[C@H]2[C@@H]3C[C@H](C)[C@@H]4CC(=O)CC[C@]4(C)[C@H]3C(=O)C[C@]12C. The van der Waals surface area contributed by atoms with Crippen molar-refractivity contribution < 1.29 is 23.9 Å². The van der Waals surface area contributed by atoms with Gasteiger partial charge in [-0.25, -0.2) is 0 Å². The predicted molar refractivity (Wildman–Crippen MR) is 107 cm³/mol.